The molecular formula is C29H36N6O4. The van der Waals surface area contributed by atoms with Gasteiger partial charge in [0.15, 0.2) is 0 Å². The molecule has 2 aromatic carbocycles. The molecule has 0 bridgehead atoms. The molecule has 1 saturated heterocycles. The molecule has 4 rings (SSSR count). The normalized spacial score (nSPS) is 15.6. The zero-order valence-corrected chi connectivity index (χ0v) is 22.6. The van der Waals surface area contributed by atoms with E-state index in [2.05, 4.69) is 20.9 Å². The van der Waals surface area contributed by atoms with Gasteiger partial charge in [-0.1, -0.05) is 36.4 Å². The number of anilines is 2. The van der Waals surface area contributed by atoms with E-state index in [4.69, 9.17) is 9.72 Å². The van der Waals surface area contributed by atoms with Crippen molar-refractivity contribution in [3.63, 3.8) is 0 Å². The molecule has 1 amide bonds. The molecule has 0 radical (unpaired) electrons. The molecule has 0 spiro atoms. The van der Waals surface area contributed by atoms with E-state index in [1.54, 1.807) is 6.20 Å². The maximum atomic E-state index is 12.1. The summed E-state index contributed by atoms with van der Waals surface area (Å²) in [5.41, 5.74) is 4.13. The van der Waals surface area contributed by atoms with Gasteiger partial charge >= 0.3 is 12.1 Å². The van der Waals surface area contributed by atoms with E-state index in [0.29, 0.717) is 38.5 Å². The van der Waals surface area contributed by atoms with Crippen molar-refractivity contribution in [2.45, 2.75) is 45.4 Å². The minimum absolute atomic E-state index is 0.0603. The molecule has 1 aliphatic heterocycles. The van der Waals surface area contributed by atoms with E-state index < -0.39 is 11.7 Å². The number of amides is 1. The third-order valence-electron chi connectivity index (χ3n) is 6.14. The van der Waals surface area contributed by atoms with Crippen LogP contribution in [0.4, 0.5) is 16.4 Å². The van der Waals surface area contributed by atoms with Crippen LogP contribution in [0.25, 0.3) is 11.3 Å². The molecule has 2 heterocycles. The molecule has 10 heteroatoms. The lowest BCUT2D eigenvalue weighted by Crippen LogP contribution is -2.53. The van der Waals surface area contributed by atoms with E-state index in [0.717, 1.165) is 28.1 Å². The average Bonchev–Trinajstić information content (AvgIpc) is 2.88. The Hall–Kier alpha value is -4.02. The lowest BCUT2D eigenvalue weighted by molar-refractivity contribution is -0.153. The molecule has 206 valence electrons. The van der Waals surface area contributed by atoms with Crippen LogP contribution in [-0.4, -0.2) is 69.9 Å². The van der Waals surface area contributed by atoms with Crippen LogP contribution >= 0.6 is 0 Å². The number of carbonyl (C=O) groups excluding carboxylic acids is 1. The summed E-state index contributed by atoms with van der Waals surface area (Å²) in [4.78, 5) is 34.0. The van der Waals surface area contributed by atoms with Crippen LogP contribution in [0.2, 0.25) is 0 Å². The molecule has 1 fully saturated rings. The van der Waals surface area contributed by atoms with Crippen LogP contribution in [0, 0.1) is 0 Å². The number of ether oxygens (including phenoxy) is 1. The first-order chi connectivity index (χ1) is 18.7. The number of carboxylic acid groups (broad SMARTS) is 1. The zero-order chi connectivity index (χ0) is 27.8. The Labute approximate surface area is 228 Å². The van der Waals surface area contributed by atoms with Gasteiger partial charge in [-0.15, -0.1) is 0 Å². The standard InChI is InChI=1S/C29H36N6O4/c1-29(2,3)39-26(36)18-30-17-21-8-4-5-10-24(21)25-11-12-32-27(34-25)33-22-9-6-7-20(15-22)16-23-19-35(28(37)38)14-13-31-23/h4-12,15,23,30-31H,13-14,16-19H2,1-3H3,(H,37,38)(H,32,33,34). The number of carbonyl (C=O) groups is 2. The van der Waals surface area contributed by atoms with Gasteiger partial charge < -0.3 is 30.7 Å². The Morgan fingerprint density at radius 3 is 2.77 bits per heavy atom. The minimum atomic E-state index is -0.880. The predicted molar refractivity (Wildman–Crippen MR) is 150 cm³/mol. The van der Waals surface area contributed by atoms with Crippen LogP contribution in [0.1, 0.15) is 31.9 Å². The average molecular weight is 533 g/mol. The van der Waals surface area contributed by atoms with E-state index in [-0.39, 0.29) is 18.6 Å². The first-order valence-electron chi connectivity index (χ1n) is 13.1. The van der Waals surface area contributed by atoms with Crippen molar-refractivity contribution in [1.82, 2.24) is 25.5 Å². The summed E-state index contributed by atoms with van der Waals surface area (Å²) in [6.45, 7) is 7.75. The second kappa shape index (κ2) is 12.7. The van der Waals surface area contributed by atoms with Crippen LogP contribution < -0.4 is 16.0 Å². The van der Waals surface area contributed by atoms with Gasteiger partial charge in [-0.2, -0.15) is 0 Å². The van der Waals surface area contributed by atoms with Gasteiger partial charge in [-0.3, -0.25) is 4.79 Å². The number of benzene rings is 2. The molecule has 1 atom stereocenters. The summed E-state index contributed by atoms with van der Waals surface area (Å²) >= 11 is 0. The van der Waals surface area contributed by atoms with Gasteiger partial charge in [0.2, 0.25) is 5.95 Å². The summed E-state index contributed by atoms with van der Waals surface area (Å²) in [5.74, 6) is 0.170. The van der Waals surface area contributed by atoms with Crippen LogP contribution in [0.5, 0.6) is 0 Å². The topological polar surface area (TPSA) is 129 Å². The molecule has 39 heavy (non-hydrogen) atoms. The van der Waals surface area contributed by atoms with Gasteiger partial charge in [0.25, 0.3) is 0 Å². The SMILES string of the molecule is CC(C)(C)OC(=O)CNCc1ccccc1-c1ccnc(Nc2cccc(CC3CN(C(=O)O)CCN3)c2)n1. The van der Waals surface area contributed by atoms with Crippen molar-refractivity contribution in [3.05, 3.63) is 71.9 Å². The first kappa shape index (κ1) is 28.0. The monoisotopic (exact) mass is 532 g/mol. The number of nitrogens with one attached hydrogen (secondary N) is 3. The molecule has 1 aliphatic rings. The fraction of sp³-hybridized carbons (Fsp3) is 0.379. The number of piperazine rings is 1. The Bertz CT molecular complexity index is 1290. The largest absolute Gasteiger partial charge is 0.465 e. The van der Waals surface area contributed by atoms with Crippen LogP contribution in [0.15, 0.2) is 60.8 Å². The highest BCUT2D eigenvalue weighted by Gasteiger charge is 2.23. The van der Waals surface area contributed by atoms with Crippen molar-refractivity contribution < 1.29 is 19.4 Å². The Morgan fingerprint density at radius 2 is 1.97 bits per heavy atom. The fourth-order valence-corrected chi connectivity index (χ4v) is 4.50. The predicted octanol–water partition coefficient (Wildman–Crippen LogP) is 3.81. The number of hydrogen-bond acceptors (Lipinski definition) is 8. The Kier molecular flexibility index (Phi) is 9.11. The third kappa shape index (κ3) is 8.49. The second-order valence-corrected chi connectivity index (χ2v) is 10.5. The molecule has 1 unspecified atom stereocenters. The Balaban J connectivity index is 1.41. The molecule has 4 N–H and O–H groups in total. The molecular weight excluding hydrogens is 496 g/mol. The summed E-state index contributed by atoms with van der Waals surface area (Å²) in [5, 5.41) is 19.2. The van der Waals surface area contributed by atoms with Crippen molar-refractivity contribution >= 4 is 23.7 Å². The van der Waals surface area contributed by atoms with E-state index >= 15 is 0 Å². The number of aromatic nitrogens is 2. The van der Waals surface area contributed by atoms with Crippen molar-refractivity contribution in [3.8, 4) is 11.3 Å². The zero-order valence-electron chi connectivity index (χ0n) is 22.6. The highest BCUT2D eigenvalue weighted by molar-refractivity contribution is 5.72. The van der Waals surface area contributed by atoms with Crippen molar-refractivity contribution in [2.24, 2.45) is 0 Å². The summed E-state index contributed by atoms with van der Waals surface area (Å²) < 4.78 is 5.37. The van der Waals surface area contributed by atoms with Gasteiger partial charge in [-0.25, -0.2) is 14.8 Å². The number of esters is 1. The molecule has 0 aliphatic carbocycles. The van der Waals surface area contributed by atoms with Crippen molar-refractivity contribution in [1.29, 1.82) is 0 Å². The van der Waals surface area contributed by atoms with Crippen LogP contribution in [-0.2, 0) is 22.5 Å². The summed E-state index contributed by atoms with van der Waals surface area (Å²) in [6.07, 6.45) is 1.55. The second-order valence-electron chi connectivity index (χ2n) is 10.5. The maximum absolute atomic E-state index is 12.1. The van der Waals surface area contributed by atoms with E-state index in [1.165, 1.54) is 4.90 Å². The van der Waals surface area contributed by atoms with Gasteiger partial charge in [0.05, 0.1) is 12.2 Å². The number of hydrogen-bond donors (Lipinski definition) is 4. The summed E-state index contributed by atoms with van der Waals surface area (Å²) in [7, 11) is 0. The van der Waals surface area contributed by atoms with Gasteiger partial charge in [0.1, 0.15) is 5.60 Å². The highest BCUT2D eigenvalue weighted by Crippen LogP contribution is 2.24. The minimum Gasteiger partial charge on any atom is -0.465 e. The first-order valence-corrected chi connectivity index (χ1v) is 13.1. The van der Waals surface area contributed by atoms with Crippen molar-refractivity contribution in [2.75, 3.05) is 31.5 Å². The fourth-order valence-electron chi connectivity index (χ4n) is 4.50. The molecule has 3 aromatic rings. The van der Waals surface area contributed by atoms with E-state index in [1.807, 2.05) is 75.4 Å². The summed E-state index contributed by atoms with van der Waals surface area (Å²) in [6, 6.07) is 17.8. The van der Waals surface area contributed by atoms with E-state index in [9.17, 15) is 14.7 Å². The lowest BCUT2D eigenvalue weighted by atomic mass is 10.0. The molecule has 0 saturated carbocycles. The molecule has 1 aromatic heterocycles. The van der Waals surface area contributed by atoms with Gasteiger partial charge in [-0.05, 0) is 56.5 Å². The quantitative estimate of drug-likeness (QED) is 0.304. The smallest absolute Gasteiger partial charge is 0.407 e. The van der Waals surface area contributed by atoms with Crippen LogP contribution in [0.3, 0.4) is 0 Å². The lowest BCUT2D eigenvalue weighted by Gasteiger charge is -2.32. The number of nitrogens with zero attached hydrogens (tertiary/aromatic N) is 3. The maximum Gasteiger partial charge on any atom is 0.407 e. The number of rotatable bonds is 9. The Morgan fingerprint density at radius 1 is 1.15 bits per heavy atom. The highest BCUT2D eigenvalue weighted by atomic mass is 16.6. The third-order valence-corrected chi connectivity index (χ3v) is 6.14. The molecule has 10 nitrogen and oxygen atoms in total. The van der Waals surface area contributed by atoms with Gasteiger partial charge in [0, 0.05) is 49.7 Å².